The molecule has 0 radical (unpaired) electrons. The molecule has 31 heavy (non-hydrogen) atoms. The molecule has 1 aliphatic rings. The number of hydrogen-bond acceptors (Lipinski definition) is 3. The topological polar surface area (TPSA) is 43.8 Å². The van der Waals surface area contributed by atoms with Crippen LogP contribution in [0.3, 0.4) is 0 Å². The first-order valence-electron chi connectivity index (χ1n) is 11.0. The molecule has 0 aromatic heterocycles. The number of rotatable bonds is 10. The van der Waals surface area contributed by atoms with Gasteiger partial charge in [-0.3, -0.25) is 9.69 Å². The van der Waals surface area contributed by atoms with Gasteiger partial charge in [0.05, 0.1) is 6.04 Å². The Morgan fingerprint density at radius 3 is 2.42 bits per heavy atom. The molecule has 6 heteroatoms. The van der Waals surface area contributed by atoms with Crippen LogP contribution < -0.4 is 0 Å². The molecule has 4 nitrogen and oxygen atoms in total. The molecular formula is C25H32F2N2O2. The maximum atomic E-state index is 15.2. The molecule has 1 fully saturated rings. The van der Waals surface area contributed by atoms with Gasteiger partial charge in [-0.15, -0.1) is 0 Å². The van der Waals surface area contributed by atoms with E-state index in [0.717, 1.165) is 11.1 Å². The third kappa shape index (κ3) is 6.58. The van der Waals surface area contributed by atoms with Gasteiger partial charge in [0, 0.05) is 38.5 Å². The molecule has 3 rings (SSSR count). The van der Waals surface area contributed by atoms with Crippen molar-refractivity contribution in [1.29, 1.82) is 0 Å². The van der Waals surface area contributed by atoms with Crippen molar-refractivity contribution < 1.29 is 18.7 Å². The predicted molar refractivity (Wildman–Crippen MR) is 118 cm³/mol. The number of carboxylic acids is 1. The van der Waals surface area contributed by atoms with E-state index in [2.05, 4.69) is 4.90 Å². The summed E-state index contributed by atoms with van der Waals surface area (Å²) in [5.74, 6) is -3.59. The van der Waals surface area contributed by atoms with Crippen LogP contribution in [0.25, 0.3) is 0 Å². The van der Waals surface area contributed by atoms with Crippen LogP contribution in [0, 0.1) is 0 Å². The molecule has 1 heterocycles. The standard InChI is InChI=1S/C25H32F2N2O2/c1-20(22-12-6-3-7-13-22)29(18-21-10-4-2-5-11-21)23-19-28(17-15-25(23,26)27)16-9-8-14-24(30)31/h2-7,10-13,20,23H,8-9,14-19H2,1H3,(H,30,31)/t20-,23-/m0/s1. The first-order chi connectivity index (χ1) is 14.9. The van der Waals surface area contributed by atoms with E-state index in [1.165, 1.54) is 0 Å². The van der Waals surface area contributed by atoms with Gasteiger partial charge in [-0.25, -0.2) is 8.78 Å². The van der Waals surface area contributed by atoms with Crippen molar-refractivity contribution in [2.75, 3.05) is 19.6 Å². The summed E-state index contributed by atoms with van der Waals surface area (Å²) in [6.45, 7) is 3.72. The fourth-order valence-electron chi connectivity index (χ4n) is 4.34. The molecule has 2 aromatic carbocycles. The van der Waals surface area contributed by atoms with Crippen LogP contribution >= 0.6 is 0 Å². The average molecular weight is 431 g/mol. The smallest absolute Gasteiger partial charge is 0.303 e. The van der Waals surface area contributed by atoms with E-state index in [9.17, 15) is 4.79 Å². The Morgan fingerprint density at radius 1 is 1.13 bits per heavy atom. The van der Waals surface area contributed by atoms with E-state index in [1.54, 1.807) is 0 Å². The molecule has 0 spiro atoms. The predicted octanol–water partition coefficient (Wildman–Crippen LogP) is 5.21. The number of carboxylic acid groups (broad SMARTS) is 1. The summed E-state index contributed by atoms with van der Waals surface area (Å²) in [4.78, 5) is 14.7. The van der Waals surface area contributed by atoms with Gasteiger partial charge in [-0.2, -0.15) is 0 Å². The normalized spacial score (nSPS) is 19.9. The third-order valence-corrected chi connectivity index (χ3v) is 6.18. The van der Waals surface area contributed by atoms with Gasteiger partial charge in [-0.05, 0) is 37.4 Å². The fraction of sp³-hybridized carbons (Fsp3) is 0.480. The number of halogens is 2. The second-order valence-electron chi connectivity index (χ2n) is 8.42. The number of nitrogens with zero attached hydrogens (tertiary/aromatic N) is 2. The van der Waals surface area contributed by atoms with Gasteiger partial charge in [-0.1, -0.05) is 60.7 Å². The van der Waals surface area contributed by atoms with E-state index in [1.807, 2.05) is 72.5 Å². The lowest BCUT2D eigenvalue weighted by atomic mass is 9.94. The molecule has 0 unspecified atom stereocenters. The summed E-state index contributed by atoms with van der Waals surface area (Å²) in [5.41, 5.74) is 2.03. The van der Waals surface area contributed by atoms with Gasteiger partial charge in [0.25, 0.3) is 5.92 Å². The summed E-state index contributed by atoms with van der Waals surface area (Å²) < 4.78 is 30.4. The molecule has 0 bridgehead atoms. The first-order valence-corrected chi connectivity index (χ1v) is 11.0. The molecule has 2 atom stereocenters. The Bertz CT molecular complexity index is 817. The summed E-state index contributed by atoms with van der Waals surface area (Å²) in [5, 5.41) is 8.82. The van der Waals surface area contributed by atoms with E-state index in [-0.39, 0.29) is 25.4 Å². The zero-order valence-electron chi connectivity index (χ0n) is 18.1. The minimum Gasteiger partial charge on any atom is -0.481 e. The number of carbonyl (C=O) groups is 1. The Balaban J connectivity index is 1.79. The molecule has 168 valence electrons. The molecule has 1 aliphatic heterocycles. The summed E-state index contributed by atoms with van der Waals surface area (Å²) in [6.07, 6.45) is 1.22. The Labute approximate surface area is 183 Å². The number of benzene rings is 2. The molecular weight excluding hydrogens is 398 g/mol. The molecule has 0 aliphatic carbocycles. The number of hydrogen-bond donors (Lipinski definition) is 1. The maximum absolute atomic E-state index is 15.2. The lowest BCUT2D eigenvalue weighted by molar-refractivity contribution is -0.137. The summed E-state index contributed by atoms with van der Waals surface area (Å²) >= 11 is 0. The quantitative estimate of drug-likeness (QED) is 0.525. The van der Waals surface area contributed by atoms with E-state index in [4.69, 9.17) is 5.11 Å². The second kappa shape index (κ2) is 10.8. The van der Waals surface area contributed by atoms with Crippen molar-refractivity contribution in [3.8, 4) is 0 Å². The van der Waals surface area contributed by atoms with Crippen LogP contribution in [0.5, 0.6) is 0 Å². The molecule has 0 amide bonds. The van der Waals surface area contributed by atoms with Crippen LogP contribution in [-0.2, 0) is 11.3 Å². The highest BCUT2D eigenvalue weighted by Crippen LogP contribution is 2.37. The monoisotopic (exact) mass is 430 g/mol. The van der Waals surface area contributed by atoms with Crippen molar-refractivity contribution in [3.05, 3.63) is 71.8 Å². The number of aliphatic carboxylic acids is 1. The Hall–Kier alpha value is -2.31. The highest BCUT2D eigenvalue weighted by Gasteiger charge is 2.48. The van der Waals surface area contributed by atoms with Crippen molar-refractivity contribution in [2.45, 2.75) is 57.2 Å². The van der Waals surface area contributed by atoms with Crippen molar-refractivity contribution in [1.82, 2.24) is 9.80 Å². The highest BCUT2D eigenvalue weighted by molar-refractivity contribution is 5.66. The second-order valence-corrected chi connectivity index (χ2v) is 8.42. The van der Waals surface area contributed by atoms with Crippen molar-refractivity contribution >= 4 is 5.97 Å². The number of likely N-dealkylation sites (tertiary alicyclic amines) is 1. The minimum atomic E-state index is -2.78. The lowest BCUT2D eigenvalue weighted by Crippen LogP contribution is -2.59. The fourth-order valence-corrected chi connectivity index (χ4v) is 4.34. The van der Waals surface area contributed by atoms with Gasteiger partial charge < -0.3 is 10.0 Å². The van der Waals surface area contributed by atoms with Gasteiger partial charge in [0.1, 0.15) is 0 Å². The molecule has 0 saturated carbocycles. The summed E-state index contributed by atoms with van der Waals surface area (Å²) in [6, 6.07) is 18.5. The maximum Gasteiger partial charge on any atom is 0.303 e. The van der Waals surface area contributed by atoms with Gasteiger partial charge >= 0.3 is 5.97 Å². The zero-order valence-corrected chi connectivity index (χ0v) is 18.1. The van der Waals surface area contributed by atoms with E-state index >= 15 is 8.78 Å². The van der Waals surface area contributed by atoms with Crippen LogP contribution in [-0.4, -0.2) is 52.5 Å². The van der Waals surface area contributed by atoms with Gasteiger partial charge in [0.15, 0.2) is 0 Å². The lowest BCUT2D eigenvalue weighted by Gasteiger charge is -2.46. The molecule has 1 saturated heterocycles. The Morgan fingerprint density at radius 2 is 1.77 bits per heavy atom. The number of unbranched alkanes of at least 4 members (excludes halogenated alkanes) is 1. The highest BCUT2D eigenvalue weighted by atomic mass is 19.3. The largest absolute Gasteiger partial charge is 0.481 e. The first kappa shape index (κ1) is 23.4. The van der Waals surface area contributed by atoms with Crippen LogP contribution in [0.2, 0.25) is 0 Å². The Kier molecular flexibility index (Phi) is 8.15. The summed E-state index contributed by atoms with van der Waals surface area (Å²) in [7, 11) is 0. The zero-order chi connectivity index (χ0) is 22.3. The third-order valence-electron chi connectivity index (χ3n) is 6.18. The van der Waals surface area contributed by atoms with Crippen LogP contribution in [0.4, 0.5) is 8.78 Å². The molecule has 1 N–H and O–H groups in total. The van der Waals surface area contributed by atoms with E-state index in [0.29, 0.717) is 32.5 Å². The minimum absolute atomic E-state index is 0.124. The van der Waals surface area contributed by atoms with Crippen molar-refractivity contribution in [3.63, 3.8) is 0 Å². The van der Waals surface area contributed by atoms with Gasteiger partial charge in [0.2, 0.25) is 0 Å². The number of piperidine rings is 1. The SMILES string of the molecule is C[C@@H](c1ccccc1)N(Cc1ccccc1)[C@H]1CN(CCCCC(=O)O)CCC1(F)F. The van der Waals surface area contributed by atoms with E-state index < -0.39 is 17.9 Å². The van der Waals surface area contributed by atoms with Crippen LogP contribution in [0.1, 0.15) is 49.8 Å². The van der Waals surface area contributed by atoms with Crippen molar-refractivity contribution in [2.24, 2.45) is 0 Å². The molecule has 2 aromatic rings. The van der Waals surface area contributed by atoms with Crippen LogP contribution in [0.15, 0.2) is 60.7 Å². The average Bonchev–Trinajstić information content (AvgIpc) is 2.77. The number of alkyl halides is 2.